The van der Waals surface area contributed by atoms with Crippen molar-refractivity contribution in [1.29, 1.82) is 0 Å². The zero-order chi connectivity index (χ0) is 48.1. The molecule has 2 aromatic heterocycles. The fraction of sp³-hybridized carbons (Fsp3) is 0.0294. The van der Waals surface area contributed by atoms with E-state index >= 15 is 0 Å². The summed E-state index contributed by atoms with van der Waals surface area (Å²) in [6, 6.07) is 89.6. The maximum Gasteiger partial charge on any atom is 0.164 e. The van der Waals surface area contributed by atoms with Crippen LogP contribution in [0, 0.1) is 0 Å². The fourth-order valence-electron chi connectivity index (χ4n) is 9.67. The van der Waals surface area contributed by atoms with Crippen molar-refractivity contribution in [2.24, 2.45) is 0 Å². The summed E-state index contributed by atoms with van der Waals surface area (Å²) in [6.45, 7) is 0. The maximum absolute atomic E-state index is 5.31. The summed E-state index contributed by atoms with van der Waals surface area (Å²) in [5.41, 5.74) is 16.1. The molecule has 1 unspecified atom stereocenters. The van der Waals surface area contributed by atoms with E-state index in [4.69, 9.17) is 19.9 Å². The summed E-state index contributed by atoms with van der Waals surface area (Å²) in [4.78, 5) is 20.8. The van der Waals surface area contributed by atoms with Crippen molar-refractivity contribution in [1.82, 2.24) is 19.9 Å². The van der Waals surface area contributed by atoms with Gasteiger partial charge in [0.25, 0.3) is 0 Å². The van der Waals surface area contributed by atoms with Crippen molar-refractivity contribution in [3.63, 3.8) is 0 Å². The second-order valence-corrected chi connectivity index (χ2v) is 18.2. The molecule has 4 heteroatoms. The predicted octanol–water partition coefficient (Wildman–Crippen LogP) is 17.5. The number of fused-ring (bicyclic) bond motifs is 2. The van der Waals surface area contributed by atoms with E-state index in [9.17, 15) is 0 Å². The van der Waals surface area contributed by atoms with Crippen LogP contribution in [0.3, 0.4) is 0 Å². The Morgan fingerprint density at radius 3 is 1.40 bits per heavy atom. The molecular weight excluding hydrogens is 873 g/mol. The van der Waals surface area contributed by atoms with E-state index < -0.39 is 0 Å². The minimum atomic E-state index is 0.110. The lowest BCUT2D eigenvalue weighted by molar-refractivity contribution is 0.857. The van der Waals surface area contributed by atoms with Crippen LogP contribution in [0.4, 0.5) is 0 Å². The Labute approximate surface area is 420 Å². The normalized spacial score (nSPS) is 13.1. The molecule has 1 aliphatic rings. The van der Waals surface area contributed by atoms with Gasteiger partial charge in [-0.25, -0.2) is 19.9 Å². The molecule has 11 aromatic rings. The summed E-state index contributed by atoms with van der Waals surface area (Å²) in [6.07, 6.45) is 7.88. The van der Waals surface area contributed by atoms with Gasteiger partial charge in [0.2, 0.25) is 0 Å². The fourth-order valence-corrected chi connectivity index (χ4v) is 9.67. The van der Waals surface area contributed by atoms with Gasteiger partial charge in [-0.2, -0.15) is 0 Å². The predicted molar refractivity (Wildman–Crippen MR) is 299 cm³/mol. The molecule has 72 heavy (non-hydrogen) atoms. The Hall–Kier alpha value is -9.38. The Morgan fingerprint density at radius 1 is 0.319 bits per heavy atom. The van der Waals surface area contributed by atoms with E-state index in [0.717, 1.165) is 78.7 Å². The Kier molecular flexibility index (Phi) is 12.1. The lowest BCUT2D eigenvalue weighted by Gasteiger charge is -2.20. The van der Waals surface area contributed by atoms with Crippen molar-refractivity contribution >= 4 is 27.2 Å². The van der Waals surface area contributed by atoms with Crippen LogP contribution in [0.15, 0.2) is 273 Å². The molecule has 12 rings (SSSR count). The first-order valence-corrected chi connectivity index (χ1v) is 24.5. The summed E-state index contributed by atoms with van der Waals surface area (Å²) >= 11 is 0. The number of para-hydroxylation sites is 1. The quantitative estimate of drug-likeness (QED) is 0.145. The number of pyridine rings is 1. The molecule has 1 aliphatic carbocycles. The van der Waals surface area contributed by atoms with Gasteiger partial charge in [0, 0.05) is 33.6 Å². The molecule has 2 heterocycles. The van der Waals surface area contributed by atoms with Crippen molar-refractivity contribution in [2.75, 3.05) is 0 Å². The molecule has 0 amide bonds. The number of allylic oxidation sites excluding steroid dienone is 4. The van der Waals surface area contributed by atoms with Crippen LogP contribution in [0.2, 0.25) is 0 Å². The molecule has 0 radical (unpaired) electrons. The van der Waals surface area contributed by atoms with E-state index in [1.165, 1.54) is 27.5 Å². The maximum atomic E-state index is 5.31. The lowest BCUT2D eigenvalue weighted by atomic mass is 9.85. The molecule has 0 aliphatic heterocycles. The van der Waals surface area contributed by atoms with Crippen molar-refractivity contribution in [2.45, 2.75) is 12.3 Å². The Morgan fingerprint density at radius 2 is 0.778 bits per heavy atom. The van der Waals surface area contributed by atoms with Crippen molar-refractivity contribution in [3.8, 4) is 78.8 Å². The van der Waals surface area contributed by atoms with Crippen LogP contribution in [0.25, 0.3) is 106 Å². The summed E-state index contributed by atoms with van der Waals surface area (Å²) in [5, 5.41) is 3.53. The minimum absolute atomic E-state index is 0.110. The second kappa shape index (κ2) is 19.9. The molecule has 0 saturated carbocycles. The van der Waals surface area contributed by atoms with Gasteiger partial charge in [-0.1, -0.05) is 249 Å². The van der Waals surface area contributed by atoms with E-state index in [1.54, 1.807) is 0 Å². The van der Waals surface area contributed by atoms with Crippen LogP contribution >= 0.6 is 0 Å². The van der Waals surface area contributed by atoms with Gasteiger partial charge < -0.3 is 0 Å². The molecule has 1 atom stereocenters. The highest BCUT2D eigenvalue weighted by Gasteiger charge is 2.19. The van der Waals surface area contributed by atoms with Gasteiger partial charge in [0.15, 0.2) is 17.5 Å². The molecule has 4 nitrogen and oxygen atoms in total. The number of nitrogens with zero attached hydrogens (tertiary/aromatic N) is 4. The van der Waals surface area contributed by atoms with Gasteiger partial charge in [-0.05, 0) is 91.5 Å². The third kappa shape index (κ3) is 9.37. The zero-order valence-corrected chi connectivity index (χ0v) is 39.6. The van der Waals surface area contributed by atoms with Crippen LogP contribution in [0.5, 0.6) is 0 Å². The van der Waals surface area contributed by atoms with E-state index in [-0.39, 0.29) is 5.92 Å². The largest absolute Gasteiger partial charge is 0.248 e. The third-order valence-corrected chi connectivity index (χ3v) is 13.5. The van der Waals surface area contributed by atoms with E-state index in [0.29, 0.717) is 17.5 Å². The average molecular weight is 921 g/mol. The molecule has 9 aromatic carbocycles. The van der Waals surface area contributed by atoms with Gasteiger partial charge in [-0.3, -0.25) is 0 Å². The van der Waals surface area contributed by atoms with Gasteiger partial charge >= 0.3 is 0 Å². The number of rotatable bonds is 9. The average Bonchev–Trinajstić information content (AvgIpc) is 3.46. The SMILES string of the molecule is C1=CC(c2cc(-c3ccc(-c4ccc5ccccc5n4)cc3)cc(-c3nc(-c4ccc(-c5ccccc5)cc4)nc(-c4ccc(-c5ccccc5)cc4)n3)c2)CC=C1c1cccccccc2ccccc12. The Bertz CT molecular complexity index is 3760. The molecule has 0 saturated heterocycles. The minimum Gasteiger partial charge on any atom is -0.248 e. The Balaban J connectivity index is 0.973. The summed E-state index contributed by atoms with van der Waals surface area (Å²) in [7, 11) is 0. The summed E-state index contributed by atoms with van der Waals surface area (Å²) < 4.78 is 0. The molecule has 0 spiro atoms. The van der Waals surface area contributed by atoms with E-state index in [1.807, 2.05) is 18.2 Å². The van der Waals surface area contributed by atoms with E-state index in [2.05, 4.69) is 255 Å². The van der Waals surface area contributed by atoms with Crippen LogP contribution < -0.4 is 0 Å². The second-order valence-electron chi connectivity index (χ2n) is 18.2. The molecule has 340 valence electrons. The van der Waals surface area contributed by atoms with Crippen molar-refractivity contribution in [3.05, 3.63) is 284 Å². The molecule has 0 fully saturated rings. The monoisotopic (exact) mass is 920 g/mol. The zero-order valence-electron chi connectivity index (χ0n) is 39.6. The van der Waals surface area contributed by atoms with Crippen LogP contribution in [-0.4, -0.2) is 19.9 Å². The number of aromatic nitrogens is 4. The first kappa shape index (κ1) is 43.9. The highest BCUT2D eigenvalue weighted by molar-refractivity contribution is 5.95. The highest BCUT2D eigenvalue weighted by Crippen LogP contribution is 2.38. The first-order valence-electron chi connectivity index (χ1n) is 24.5. The molecular formula is C68H48N4. The van der Waals surface area contributed by atoms with Crippen molar-refractivity contribution < 1.29 is 0 Å². The van der Waals surface area contributed by atoms with Gasteiger partial charge in [0.05, 0.1) is 11.2 Å². The number of benzene rings is 8. The summed E-state index contributed by atoms with van der Waals surface area (Å²) in [5.74, 6) is 1.95. The molecule has 0 N–H and O–H groups in total. The number of hydrogen-bond donors (Lipinski definition) is 0. The smallest absolute Gasteiger partial charge is 0.164 e. The first-order chi connectivity index (χ1) is 35.6. The van der Waals surface area contributed by atoms with Crippen LogP contribution in [-0.2, 0) is 0 Å². The highest BCUT2D eigenvalue weighted by atomic mass is 15.0. The van der Waals surface area contributed by atoms with Gasteiger partial charge in [-0.15, -0.1) is 0 Å². The van der Waals surface area contributed by atoms with Gasteiger partial charge in [0.1, 0.15) is 0 Å². The molecule has 0 bridgehead atoms. The topological polar surface area (TPSA) is 51.6 Å². The van der Waals surface area contributed by atoms with Crippen LogP contribution in [0.1, 0.15) is 23.5 Å². The number of hydrogen-bond acceptors (Lipinski definition) is 4. The standard InChI is InChI=1S/C68H48N4/c1-2-6-20-53-21-12-14-24-62(53)63(23-11-3-1)54-34-26-51(27-35-54)59-44-60(52-28-36-56(37-29-52)65-43-42-55-22-13-15-25-64(55)69-65)46-61(45-59)68-71-66(57-38-30-49(31-39-57)47-16-7-4-8-17-47)70-67(72-68)58-40-32-50(33-41-58)48-18-9-5-10-19-48/h1-26,28-46,51H,27H2. The third-order valence-electron chi connectivity index (χ3n) is 13.5. The lowest BCUT2D eigenvalue weighted by Crippen LogP contribution is -2.03.